The van der Waals surface area contributed by atoms with Crippen LogP contribution in [0.2, 0.25) is 0 Å². The van der Waals surface area contributed by atoms with Gasteiger partial charge in [-0.1, -0.05) is 60.7 Å². The first kappa shape index (κ1) is 22.2. The molecule has 0 aromatic heterocycles. The van der Waals surface area contributed by atoms with E-state index in [1.54, 1.807) is 48.5 Å². The van der Waals surface area contributed by atoms with Crippen LogP contribution < -0.4 is 19.7 Å². The fraction of sp³-hybridized carbons (Fsp3) is 0.103. The molecule has 6 heteroatoms. The molecule has 4 aromatic carbocycles. The van der Waals surface area contributed by atoms with Gasteiger partial charge >= 0.3 is 0 Å². The number of hydrogen-bond donors (Lipinski definition) is 1. The minimum absolute atomic E-state index is 0.210. The van der Waals surface area contributed by atoms with Crippen LogP contribution >= 0.6 is 0 Å². The molecule has 1 aliphatic rings. The summed E-state index contributed by atoms with van der Waals surface area (Å²) in [7, 11) is 1.51. The molecule has 0 radical (unpaired) electrons. The molecule has 174 valence electrons. The number of anilines is 2. The van der Waals surface area contributed by atoms with Crippen molar-refractivity contribution >= 4 is 39.5 Å². The van der Waals surface area contributed by atoms with Gasteiger partial charge in [-0.05, 0) is 48.2 Å². The Balaban J connectivity index is 1.65. The van der Waals surface area contributed by atoms with Crippen molar-refractivity contribution in [2.45, 2.75) is 6.92 Å². The standard InChI is InChI=1S/C29H24N2O4/c1-3-35-21-17-15-20(16-18-21)26-27(30-23-12-8-10-19-9-4-5-11-22(19)23)29(33)31(28(26)32)24-13-6-7-14-25(24)34-2/h4-18,30H,3H2,1-2H3. The first-order valence-corrected chi connectivity index (χ1v) is 11.4. The Morgan fingerprint density at radius 1 is 0.800 bits per heavy atom. The van der Waals surface area contributed by atoms with Crippen molar-refractivity contribution in [3.63, 3.8) is 0 Å². The largest absolute Gasteiger partial charge is 0.495 e. The van der Waals surface area contributed by atoms with Crippen molar-refractivity contribution in [3.05, 3.63) is 102 Å². The van der Waals surface area contributed by atoms with Crippen molar-refractivity contribution < 1.29 is 19.1 Å². The molecule has 0 atom stereocenters. The summed E-state index contributed by atoms with van der Waals surface area (Å²) in [5, 5.41) is 5.26. The number of fused-ring (bicyclic) bond motifs is 1. The molecule has 0 aliphatic carbocycles. The highest BCUT2D eigenvalue weighted by atomic mass is 16.5. The molecule has 0 fully saturated rings. The van der Waals surface area contributed by atoms with Gasteiger partial charge in [0.25, 0.3) is 11.8 Å². The van der Waals surface area contributed by atoms with E-state index >= 15 is 0 Å². The molecule has 1 aliphatic heterocycles. The predicted molar refractivity (Wildman–Crippen MR) is 138 cm³/mol. The Labute approximate surface area is 203 Å². The Morgan fingerprint density at radius 3 is 2.29 bits per heavy atom. The minimum atomic E-state index is -0.448. The highest BCUT2D eigenvalue weighted by Gasteiger charge is 2.41. The van der Waals surface area contributed by atoms with Gasteiger partial charge in [-0.2, -0.15) is 0 Å². The van der Waals surface area contributed by atoms with E-state index in [2.05, 4.69) is 5.32 Å². The first-order valence-electron chi connectivity index (χ1n) is 11.4. The molecule has 0 saturated heterocycles. The quantitative estimate of drug-likeness (QED) is 0.358. The van der Waals surface area contributed by atoms with Crippen molar-refractivity contribution in [1.82, 2.24) is 0 Å². The van der Waals surface area contributed by atoms with E-state index in [1.807, 2.05) is 49.4 Å². The van der Waals surface area contributed by atoms with Crippen molar-refractivity contribution in [2.75, 3.05) is 23.9 Å². The van der Waals surface area contributed by atoms with Gasteiger partial charge in [-0.3, -0.25) is 9.59 Å². The summed E-state index contributed by atoms with van der Waals surface area (Å²) in [6.45, 7) is 2.45. The molecule has 6 nitrogen and oxygen atoms in total. The van der Waals surface area contributed by atoms with Crippen molar-refractivity contribution in [1.29, 1.82) is 0 Å². The minimum Gasteiger partial charge on any atom is -0.495 e. The summed E-state index contributed by atoms with van der Waals surface area (Å²) in [6.07, 6.45) is 0. The summed E-state index contributed by atoms with van der Waals surface area (Å²) in [6, 6.07) is 27.9. The summed E-state index contributed by atoms with van der Waals surface area (Å²) in [5.41, 5.74) is 2.25. The maximum atomic E-state index is 13.8. The molecular weight excluding hydrogens is 440 g/mol. The number of imide groups is 1. The Bertz CT molecular complexity index is 1450. The highest BCUT2D eigenvalue weighted by molar-refractivity contribution is 6.46. The monoisotopic (exact) mass is 464 g/mol. The van der Waals surface area contributed by atoms with Gasteiger partial charge in [-0.25, -0.2) is 4.90 Å². The lowest BCUT2D eigenvalue weighted by Gasteiger charge is -2.18. The fourth-order valence-corrected chi connectivity index (χ4v) is 4.30. The normalized spacial score (nSPS) is 13.5. The third-order valence-electron chi connectivity index (χ3n) is 5.91. The number of ether oxygens (including phenoxy) is 2. The molecule has 2 amide bonds. The number of carbonyl (C=O) groups excluding carboxylic acids is 2. The maximum Gasteiger partial charge on any atom is 0.282 e. The summed E-state index contributed by atoms with van der Waals surface area (Å²) >= 11 is 0. The van der Waals surface area contributed by atoms with Gasteiger partial charge in [0, 0.05) is 11.1 Å². The van der Waals surface area contributed by atoms with Crippen LogP contribution in [-0.2, 0) is 9.59 Å². The van der Waals surface area contributed by atoms with E-state index in [4.69, 9.17) is 9.47 Å². The van der Waals surface area contributed by atoms with Crippen molar-refractivity contribution in [3.8, 4) is 11.5 Å². The first-order chi connectivity index (χ1) is 17.1. The van der Waals surface area contributed by atoms with E-state index in [0.29, 0.717) is 29.4 Å². The van der Waals surface area contributed by atoms with Gasteiger partial charge < -0.3 is 14.8 Å². The van der Waals surface area contributed by atoms with Crippen LogP contribution in [0.5, 0.6) is 11.5 Å². The van der Waals surface area contributed by atoms with Gasteiger partial charge in [0.1, 0.15) is 17.2 Å². The zero-order valence-corrected chi connectivity index (χ0v) is 19.4. The zero-order valence-electron chi connectivity index (χ0n) is 19.4. The van der Waals surface area contributed by atoms with E-state index in [0.717, 1.165) is 21.4 Å². The Morgan fingerprint density at radius 2 is 1.51 bits per heavy atom. The molecule has 1 N–H and O–H groups in total. The average molecular weight is 465 g/mol. The SMILES string of the molecule is CCOc1ccc(C2=C(Nc3cccc4ccccc34)C(=O)N(c3ccccc3OC)C2=O)cc1. The molecule has 1 heterocycles. The smallest absolute Gasteiger partial charge is 0.282 e. The van der Waals surface area contributed by atoms with Crippen LogP contribution in [0.3, 0.4) is 0 Å². The highest BCUT2D eigenvalue weighted by Crippen LogP contribution is 2.38. The molecule has 0 unspecified atom stereocenters. The second-order valence-corrected chi connectivity index (χ2v) is 7.98. The van der Waals surface area contributed by atoms with Crippen LogP contribution in [0.15, 0.2) is 96.7 Å². The number of nitrogens with zero attached hydrogens (tertiary/aromatic N) is 1. The molecule has 35 heavy (non-hydrogen) atoms. The molecule has 0 saturated carbocycles. The lowest BCUT2D eigenvalue weighted by atomic mass is 10.0. The number of benzene rings is 4. The number of methoxy groups -OCH3 is 1. The van der Waals surface area contributed by atoms with Gasteiger partial charge in [0.2, 0.25) is 0 Å². The van der Waals surface area contributed by atoms with E-state index < -0.39 is 11.8 Å². The van der Waals surface area contributed by atoms with E-state index in [9.17, 15) is 9.59 Å². The third-order valence-corrected chi connectivity index (χ3v) is 5.91. The van der Waals surface area contributed by atoms with Gasteiger partial charge in [-0.15, -0.1) is 0 Å². The van der Waals surface area contributed by atoms with Crippen LogP contribution in [0.1, 0.15) is 12.5 Å². The molecule has 4 aromatic rings. The van der Waals surface area contributed by atoms with Gasteiger partial charge in [0.05, 0.1) is 25.0 Å². The van der Waals surface area contributed by atoms with E-state index in [1.165, 1.54) is 7.11 Å². The van der Waals surface area contributed by atoms with E-state index in [-0.39, 0.29) is 11.3 Å². The summed E-state index contributed by atoms with van der Waals surface area (Å²) in [5.74, 6) is 0.258. The predicted octanol–water partition coefficient (Wildman–Crippen LogP) is 5.64. The molecule has 0 bridgehead atoms. The van der Waals surface area contributed by atoms with Crippen LogP contribution in [0.25, 0.3) is 16.3 Å². The molecule has 0 spiro atoms. The lowest BCUT2D eigenvalue weighted by molar-refractivity contribution is -0.120. The second-order valence-electron chi connectivity index (χ2n) is 7.98. The molecular formula is C29H24N2O4. The maximum absolute atomic E-state index is 13.8. The number of nitrogens with one attached hydrogen (secondary N) is 1. The third kappa shape index (κ3) is 3.99. The zero-order chi connectivity index (χ0) is 24.4. The topological polar surface area (TPSA) is 67.9 Å². The number of rotatable bonds is 7. The Kier molecular flexibility index (Phi) is 5.94. The number of amides is 2. The van der Waals surface area contributed by atoms with Crippen molar-refractivity contribution in [2.24, 2.45) is 0 Å². The summed E-state index contributed by atoms with van der Waals surface area (Å²) < 4.78 is 11.0. The molecule has 5 rings (SSSR count). The summed E-state index contributed by atoms with van der Waals surface area (Å²) in [4.78, 5) is 28.7. The lowest BCUT2D eigenvalue weighted by Crippen LogP contribution is -2.32. The van der Waals surface area contributed by atoms with Crippen LogP contribution in [0, 0.1) is 0 Å². The fourth-order valence-electron chi connectivity index (χ4n) is 4.30. The second kappa shape index (κ2) is 9.35. The van der Waals surface area contributed by atoms with Gasteiger partial charge in [0.15, 0.2) is 0 Å². The van der Waals surface area contributed by atoms with Crippen LogP contribution in [-0.4, -0.2) is 25.5 Å². The number of carbonyl (C=O) groups is 2. The number of hydrogen-bond acceptors (Lipinski definition) is 5. The van der Waals surface area contributed by atoms with Crippen LogP contribution in [0.4, 0.5) is 11.4 Å². The Hall–Kier alpha value is -4.58. The average Bonchev–Trinajstić information content (AvgIpc) is 3.13. The number of para-hydroxylation sites is 2.